The van der Waals surface area contributed by atoms with Gasteiger partial charge in [-0.25, -0.2) is 0 Å². The van der Waals surface area contributed by atoms with E-state index in [9.17, 15) is 10.2 Å². The van der Waals surface area contributed by atoms with E-state index in [0.717, 1.165) is 19.3 Å². The van der Waals surface area contributed by atoms with Crippen molar-refractivity contribution in [3.63, 3.8) is 0 Å². The normalized spacial score (nSPS) is 18.2. The number of aliphatic hydroxyl groups excluding tert-OH is 2. The number of aliphatic hydroxyl groups is 2. The van der Waals surface area contributed by atoms with Crippen LogP contribution < -0.4 is 0 Å². The Kier molecular flexibility index (Phi) is 7.29. The van der Waals surface area contributed by atoms with E-state index in [1.807, 2.05) is 6.92 Å². The van der Waals surface area contributed by atoms with Gasteiger partial charge in [-0.2, -0.15) is 0 Å². The summed E-state index contributed by atoms with van der Waals surface area (Å²) in [6, 6.07) is 0. The van der Waals surface area contributed by atoms with Crippen molar-refractivity contribution >= 4 is 0 Å². The molecule has 0 aromatic heterocycles. The molecule has 0 amide bonds. The maximum Gasteiger partial charge on any atom is 0.0592 e. The molecule has 0 aliphatic carbocycles. The topological polar surface area (TPSA) is 40.5 Å². The summed E-state index contributed by atoms with van der Waals surface area (Å²) in [6.07, 6.45) is 4.40. The zero-order valence-corrected chi connectivity index (χ0v) is 9.16. The SMILES string of the molecule is CCCCCC(O)C(CC)C(C)O. The molecule has 2 N–H and O–H groups in total. The van der Waals surface area contributed by atoms with E-state index >= 15 is 0 Å². The Balaban J connectivity index is 3.70. The molecule has 2 nitrogen and oxygen atoms in total. The van der Waals surface area contributed by atoms with Gasteiger partial charge in [0.1, 0.15) is 0 Å². The lowest BCUT2D eigenvalue weighted by Gasteiger charge is -2.24. The van der Waals surface area contributed by atoms with E-state index in [0.29, 0.717) is 0 Å². The standard InChI is InChI=1S/C11H24O2/c1-4-6-7-8-11(13)10(5-2)9(3)12/h9-13H,4-8H2,1-3H3. The van der Waals surface area contributed by atoms with Crippen LogP contribution >= 0.6 is 0 Å². The second-order valence-corrected chi connectivity index (χ2v) is 3.88. The van der Waals surface area contributed by atoms with Crippen LogP contribution in [0.15, 0.2) is 0 Å². The molecule has 0 heterocycles. The average molecular weight is 188 g/mol. The number of unbranched alkanes of at least 4 members (excludes halogenated alkanes) is 2. The fraction of sp³-hybridized carbons (Fsp3) is 1.00. The van der Waals surface area contributed by atoms with Crippen molar-refractivity contribution < 1.29 is 10.2 Å². The lowest BCUT2D eigenvalue weighted by atomic mass is 9.91. The van der Waals surface area contributed by atoms with Crippen molar-refractivity contribution in [2.24, 2.45) is 5.92 Å². The van der Waals surface area contributed by atoms with Gasteiger partial charge in [0.2, 0.25) is 0 Å². The first-order valence-corrected chi connectivity index (χ1v) is 5.49. The lowest BCUT2D eigenvalue weighted by molar-refractivity contribution is 0.0142. The maximum atomic E-state index is 9.75. The second kappa shape index (κ2) is 7.34. The monoisotopic (exact) mass is 188 g/mol. The Morgan fingerprint density at radius 3 is 2.08 bits per heavy atom. The van der Waals surface area contributed by atoms with Gasteiger partial charge in [0.25, 0.3) is 0 Å². The van der Waals surface area contributed by atoms with Crippen LogP contribution in [0, 0.1) is 5.92 Å². The highest BCUT2D eigenvalue weighted by molar-refractivity contribution is 4.72. The van der Waals surface area contributed by atoms with Crippen molar-refractivity contribution in [2.75, 3.05) is 0 Å². The summed E-state index contributed by atoms with van der Waals surface area (Å²) in [6.45, 7) is 5.93. The van der Waals surface area contributed by atoms with Gasteiger partial charge in [-0.1, -0.05) is 33.1 Å². The number of hydrogen-bond donors (Lipinski definition) is 2. The van der Waals surface area contributed by atoms with Crippen LogP contribution in [0.1, 0.15) is 52.9 Å². The minimum Gasteiger partial charge on any atom is -0.393 e. The Hall–Kier alpha value is -0.0800. The lowest BCUT2D eigenvalue weighted by Crippen LogP contribution is -2.29. The van der Waals surface area contributed by atoms with Gasteiger partial charge in [0, 0.05) is 5.92 Å². The highest BCUT2D eigenvalue weighted by Gasteiger charge is 2.21. The predicted molar refractivity (Wildman–Crippen MR) is 55.6 cm³/mol. The first-order chi connectivity index (χ1) is 6.13. The molecule has 0 radical (unpaired) electrons. The maximum absolute atomic E-state index is 9.75. The van der Waals surface area contributed by atoms with E-state index in [4.69, 9.17) is 0 Å². The Bertz CT molecular complexity index is 113. The van der Waals surface area contributed by atoms with Gasteiger partial charge < -0.3 is 10.2 Å². The average Bonchev–Trinajstić information content (AvgIpc) is 2.05. The van der Waals surface area contributed by atoms with Crippen LogP contribution in [0.2, 0.25) is 0 Å². The molecule has 80 valence electrons. The molecule has 0 saturated carbocycles. The molecule has 0 rings (SSSR count). The zero-order valence-electron chi connectivity index (χ0n) is 9.16. The summed E-state index contributed by atoms with van der Waals surface area (Å²) in [4.78, 5) is 0. The molecule has 0 spiro atoms. The van der Waals surface area contributed by atoms with Gasteiger partial charge in [0.05, 0.1) is 12.2 Å². The molecule has 0 bridgehead atoms. The highest BCUT2D eigenvalue weighted by atomic mass is 16.3. The largest absolute Gasteiger partial charge is 0.393 e. The van der Waals surface area contributed by atoms with Gasteiger partial charge in [-0.05, 0) is 19.8 Å². The Labute approximate surface area is 82.0 Å². The Morgan fingerprint density at radius 1 is 1.08 bits per heavy atom. The first kappa shape index (κ1) is 12.9. The van der Waals surface area contributed by atoms with Gasteiger partial charge in [0.15, 0.2) is 0 Å². The molecule has 3 unspecified atom stereocenters. The molecule has 0 aliphatic rings. The van der Waals surface area contributed by atoms with Crippen LogP contribution in [0.25, 0.3) is 0 Å². The fourth-order valence-electron chi connectivity index (χ4n) is 1.75. The van der Waals surface area contributed by atoms with Crippen LogP contribution in [0.4, 0.5) is 0 Å². The van der Waals surface area contributed by atoms with Crippen molar-refractivity contribution in [2.45, 2.75) is 65.1 Å². The molecule has 3 atom stereocenters. The van der Waals surface area contributed by atoms with E-state index in [1.165, 1.54) is 12.8 Å². The first-order valence-electron chi connectivity index (χ1n) is 5.49. The molecule has 13 heavy (non-hydrogen) atoms. The van der Waals surface area contributed by atoms with E-state index in [2.05, 4.69) is 6.92 Å². The molecule has 0 saturated heterocycles. The van der Waals surface area contributed by atoms with E-state index < -0.39 is 0 Å². The molecule has 0 aromatic rings. The van der Waals surface area contributed by atoms with Crippen LogP contribution in [0.5, 0.6) is 0 Å². The van der Waals surface area contributed by atoms with Gasteiger partial charge >= 0.3 is 0 Å². The Morgan fingerprint density at radius 2 is 1.69 bits per heavy atom. The summed E-state index contributed by atoms with van der Waals surface area (Å²) in [5, 5.41) is 19.1. The van der Waals surface area contributed by atoms with Gasteiger partial charge in [-0.15, -0.1) is 0 Å². The molecule has 0 fully saturated rings. The number of rotatable bonds is 7. The summed E-state index contributed by atoms with van der Waals surface area (Å²) in [5.41, 5.74) is 0. The van der Waals surface area contributed by atoms with Crippen molar-refractivity contribution in [1.82, 2.24) is 0 Å². The molecule has 2 heteroatoms. The summed E-state index contributed by atoms with van der Waals surface area (Å²) < 4.78 is 0. The third-order valence-corrected chi connectivity index (χ3v) is 2.69. The minimum absolute atomic E-state index is 0.0526. The summed E-state index contributed by atoms with van der Waals surface area (Å²) >= 11 is 0. The zero-order chi connectivity index (χ0) is 10.3. The van der Waals surface area contributed by atoms with Crippen molar-refractivity contribution in [3.8, 4) is 0 Å². The van der Waals surface area contributed by atoms with E-state index in [-0.39, 0.29) is 18.1 Å². The summed E-state index contributed by atoms with van der Waals surface area (Å²) in [5.74, 6) is 0.0526. The van der Waals surface area contributed by atoms with Crippen molar-refractivity contribution in [3.05, 3.63) is 0 Å². The van der Waals surface area contributed by atoms with Crippen molar-refractivity contribution in [1.29, 1.82) is 0 Å². The van der Waals surface area contributed by atoms with Gasteiger partial charge in [-0.3, -0.25) is 0 Å². The van der Waals surface area contributed by atoms with E-state index in [1.54, 1.807) is 6.92 Å². The molecular formula is C11H24O2. The quantitative estimate of drug-likeness (QED) is 0.602. The second-order valence-electron chi connectivity index (χ2n) is 3.88. The molecule has 0 aliphatic heterocycles. The summed E-state index contributed by atoms with van der Waals surface area (Å²) in [7, 11) is 0. The third-order valence-electron chi connectivity index (χ3n) is 2.69. The predicted octanol–water partition coefficient (Wildman–Crippen LogP) is 2.33. The fourth-order valence-corrected chi connectivity index (χ4v) is 1.75. The van der Waals surface area contributed by atoms with Crippen LogP contribution in [0.3, 0.4) is 0 Å². The number of hydrogen-bond acceptors (Lipinski definition) is 2. The molecule has 0 aromatic carbocycles. The molecular weight excluding hydrogens is 164 g/mol. The smallest absolute Gasteiger partial charge is 0.0592 e. The third kappa shape index (κ3) is 5.27. The van der Waals surface area contributed by atoms with Crippen LogP contribution in [-0.2, 0) is 0 Å². The minimum atomic E-state index is -0.387. The highest BCUT2D eigenvalue weighted by Crippen LogP contribution is 2.18. The van der Waals surface area contributed by atoms with Crippen LogP contribution in [-0.4, -0.2) is 22.4 Å².